The number of rotatable bonds is 0. The Bertz CT molecular complexity index is 257. The van der Waals surface area contributed by atoms with Crippen molar-refractivity contribution in [3.63, 3.8) is 0 Å². The summed E-state index contributed by atoms with van der Waals surface area (Å²) >= 11 is 0. The van der Waals surface area contributed by atoms with Crippen molar-refractivity contribution in [1.29, 1.82) is 0 Å². The molecular formula is C9H14N2O. The van der Waals surface area contributed by atoms with Gasteiger partial charge in [0, 0.05) is 26.7 Å². The highest BCUT2D eigenvalue weighted by Gasteiger charge is 2.31. The largest absolute Gasteiger partial charge is 0.365 e. The number of fused-ring (bicyclic) bond motifs is 1. The van der Waals surface area contributed by atoms with Crippen LogP contribution in [0.25, 0.3) is 0 Å². The van der Waals surface area contributed by atoms with Crippen molar-refractivity contribution >= 4 is 5.91 Å². The average Bonchev–Trinajstić information content (AvgIpc) is 2.41. The van der Waals surface area contributed by atoms with E-state index in [1.165, 1.54) is 5.57 Å². The third-order valence-corrected chi connectivity index (χ3v) is 2.73. The van der Waals surface area contributed by atoms with E-state index in [-0.39, 0.29) is 5.91 Å². The molecule has 0 aromatic carbocycles. The normalized spacial score (nSPS) is 23.7. The minimum Gasteiger partial charge on any atom is -0.365 e. The van der Waals surface area contributed by atoms with Crippen LogP contribution in [0.15, 0.2) is 11.3 Å². The van der Waals surface area contributed by atoms with E-state index in [1.807, 2.05) is 7.05 Å². The molecule has 0 atom stereocenters. The van der Waals surface area contributed by atoms with Gasteiger partial charge in [-0.3, -0.25) is 4.79 Å². The lowest BCUT2D eigenvalue weighted by molar-refractivity contribution is -0.129. The van der Waals surface area contributed by atoms with Crippen molar-refractivity contribution in [2.24, 2.45) is 0 Å². The molecule has 2 aliphatic rings. The van der Waals surface area contributed by atoms with Crippen molar-refractivity contribution in [3.05, 3.63) is 11.3 Å². The molecule has 0 unspecified atom stereocenters. The average molecular weight is 166 g/mol. The van der Waals surface area contributed by atoms with Gasteiger partial charge in [0.2, 0.25) is 0 Å². The molecule has 1 fully saturated rings. The second-order valence-electron chi connectivity index (χ2n) is 3.59. The van der Waals surface area contributed by atoms with Crippen LogP contribution in [0.4, 0.5) is 0 Å². The van der Waals surface area contributed by atoms with Gasteiger partial charge in [-0.25, -0.2) is 0 Å². The quantitative estimate of drug-likeness (QED) is 0.521. The number of piperazine rings is 1. The predicted octanol–water partition coefficient (Wildman–Crippen LogP) is 0.438. The van der Waals surface area contributed by atoms with Crippen molar-refractivity contribution in [2.75, 3.05) is 26.7 Å². The van der Waals surface area contributed by atoms with Gasteiger partial charge in [-0.2, -0.15) is 0 Å². The Morgan fingerprint density at radius 3 is 2.75 bits per heavy atom. The molecule has 12 heavy (non-hydrogen) atoms. The van der Waals surface area contributed by atoms with Gasteiger partial charge in [0.1, 0.15) is 5.70 Å². The molecule has 0 bridgehead atoms. The molecule has 2 aliphatic heterocycles. The maximum atomic E-state index is 11.6. The van der Waals surface area contributed by atoms with Crippen LogP contribution in [0.2, 0.25) is 0 Å². The highest BCUT2D eigenvalue weighted by atomic mass is 16.2. The fraction of sp³-hybridized carbons (Fsp3) is 0.667. The van der Waals surface area contributed by atoms with Crippen molar-refractivity contribution < 1.29 is 4.79 Å². The summed E-state index contributed by atoms with van der Waals surface area (Å²) < 4.78 is 0. The summed E-state index contributed by atoms with van der Waals surface area (Å²) in [6.07, 6.45) is 1.06. The van der Waals surface area contributed by atoms with Crippen LogP contribution >= 0.6 is 0 Å². The first-order valence-electron chi connectivity index (χ1n) is 4.40. The molecular weight excluding hydrogens is 152 g/mol. The monoisotopic (exact) mass is 166 g/mol. The molecule has 0 N–H and O–H groups in total. The molecule has 3 heteroatoms. The molecule has 0 aromatic rings. The summed E-state index contributed by atoms with van der Waals surface area (Å²) in [7, 11) is 1.87. The molecule has 2 heterocycles. The fourth-order valence-corrected chi connectivity index (χ4v) is 1.90. The molecule has 1 amide bonds. The van der Waals surface area contributed by atoms with E-state index in [2.05, 4.69) is 11.8 Å². The van der Waals surface area contributed by atoms with Gasteiger partial charge in [-0.15, -0.1) is 0 Å². The van der Waals surface area contributed by atoms with Crippen molar-refractivity contribution in [3.8, 4) is 0 Å². The maximum absolute atomic E-state index is 11.6. The van der Waals surface area contributed by atoms with Gasteiger partial charge in [0.05, 0.1) is 0 Å². The summed E-state index contributed by atoms with van der Waals surface area (Å²) in [4.78, 5) is 15.7. The molecule has 0 aromatic heterocycles. The van der Waals surface area contributed by atoms with Crippen molar-refractivity contribution in [1.82, 2.24) is 9.80 Å². The highest BCUT2D eigenvalue weighted by molar-refractivity contribution is 5.94. The number of hydrogen-bond donors (Lipinski definition) is 0. The smallest absolute Gasteiger partial charge is 0.269 e. The maximum Gasteiger partial charge on any atom is 0.269 e. The van der Waals surface area contributed by atoms with Crippen LogP contribution in [0.3, 0.4) is 0 Å². The second-order valence-corrected chi connectivity index (χ2v) is 3.59. The third-order valence-electron chi connectivity index (χ3n) is 2.73. The fourth-order valence-electron chi connectivity index (χ4n) is 1.90. The Morgan fingerprint density at radius 1 is 1.25 bits per heavy atom. The Kier molecular flexibility index (Phi) is 1.60. The number of carbonyl (C=O) groups is 1. The van der Waals surface area contributed by atoms with Gasteiger partial charge in [0.15, 0.2) is 0 Å². The lowest BCUT2D eigenvalue weighted by Gasteiger charge is -2.32. The van der Waals surface area contributed by atoms with E-state index in [9.17, 15) is 4.79 Å². The van der Waals surface area contributed by atoms with Gasteiger partial charge < -0.3 is 9.80 Å². The third kappa shape index (κ3) is 0.924. The number of nitrogens with zero attached hydrogens (tertiary/aromatic N) is 2. The highest BCUT2D eigenvalue weighted by Crippen LogP contribution is 2.26. The van der Waals surface area contributed by atoms with Crippen molar-refractivity contribution in [2.45, 2.75) is 13.3 Å². The Hall–Kier alpha value is -0.990. The molecule has 0 saturated carbocycles. The molecule has 0 radical (unpaired) electrons. The van der Waals surface area contributed by atoms with Gasteiger partial charge in [-0.05, 0) is 18.9 Å². The first kappa shape index (κ1) is 7.65. The summed E-state index contributed by atoms with van der Waals surface area (Å²) in [5.74, 6) is 0.205. The van der Waals surface area contributed by atoms with Crippen LogP contribution in [0.1, 0.15) is 13.3 Å². The second kappa shape index (κ2) is 2.51. The summed E-state index contributed by atoms with van der Waals surface area (Å²) in [5.41, 5.74) is 2.22. The van der Waals surface area contributed by atoms with E-state index >= 15 is 0 Å². The molecule has 1 saturated heterocycles. The molecule has 66 valence electrons. The van der Waals surface area contributed by atoms with Gasteiger partial charge in [0.25, 0.3) is 5.91 Å². The summed E-state index contributed by atoms with van der Waals surface area (Å²) in [6.45, 7) is 4.98. The topological polar surface area (TPSA) is 23.6 Å². The van der Waals surface area contributed by atoms with Crippen LogP contribution < -0.4 is 0 Å². The molecule has 2 rings (SSSR count). The minimum atomic E-state index is 0.205. The van der Waals surface area contributed by atoms with Gasteiger partial charge in [-0.1, -0.05) is 0 Å². The zero-order chi connectivity index (χ0) is 8.72. The lowest BCUT2D eigenvalue weighted by atomic mass is 10.2. The standard InChI is InChI=1S/C9H14N2O/c1-7-3-4-11-6-5-10(2)9(12)8(7)11/h3-6H2,1-2H3. The molecule has 0 aliphatic carbocycles. The lowest BCUT2D eigenvalue weighted by Crippen LogP contribution is -2.45. The van der Waals surface area contributed by atoms with E-state index < -0.39 is 0 Å². The Morgan fingerprint density at radius 2 is 2.00 bits per heavy atom. The van der Waals surface area contributed by atoms with Gasteiger partial charge >= 0.3 is 0 Å². The predicted molar refractivity (Wildman–Crippen MR) is 46.5 cm³/mol. The van der Waals surface area contributed by atoms with Crippen LogP contribution in [0, 0.1) is 0 Å². The first-order valence-corrected chi connectivity index (χ1v) is 4.40. The minimum absolute atomic E-state index is 0.205. The number of amides is 1. The van der Waals surface area contributed by atoms with E-state index in [4.69, 9.17) is 0 Å². The molecule has 0 spiro atoms. The van der Waals surface area contributed by atoms with Crippen LogP contribution in [-0.2, 0) is 4.79 Å². The Labute approximate surface area is 72.6 Å². The van der Waals surface area contributed by atoms with E-state index in [1.54, 1.807) is 4.90 Å². The van der Waals surface area contributed by atoms with Crippen LogP contribution in [-0.4, -0.2) is 42.4 Å². The summed E-state index contributed by atoms with van der Waals surface area (Å²) in [6, 6.07) is 0. The number of carbonyl (C=O) groups excluding carboxylic acids is 1. The number of hydrogen-bond acceptors (Lipinski definition) is 2. The van der Waals surface area contributed by atoms with E-state index in [0.29, 0.717) is 0 Å². The first-order chi connectivity index (χ1) is 5.70. The van der Waals surface area contributed by atoms with Crippen LogP contribution in [0.5, 0.6) is 0 Å². The SMILES string of the molecule is CC1=C2C(=O)N(C)CCN2CC1. The Balaban J connectivity index is 2.32. The van der Waals surface area contributed by atoms with E-state index in [0.717, 1.165) is 31.8 Å². The number of likely N-dealkylation sites (N-methyl/N-ethyl adjacent to an activating group) is 1. The molecule has 3 nitrogen and oxygen atoms in total. The zero-order valence-electron chi connectivity index (χ0n) is 7.63. The summed E-state index contributed by atoms with van der Waals surface area (Å²) in [5, 5.41) is 0. The zero-order valence-corrected chi connectivity index (χ0v) is 7.63.